The van der Waals surface area contributed by atoms with Gasteiger partial charge in [-0.25, -0.2) is 0 Å². The average Bonchev–Trinajstić information content (AvgIpc) is 3.10. The highest BCUT2D eigenvalue weighted by Gasteiger charge is 2.43. The van der Waals surface area contributed by atoms with Crippen LogP contribution in [0.15, 0.2) is 39.5 Å². The van der Waals surface area contributed by atoms with Gasteiger partial charge in [-0.15, -0.1) is 0 Å². The molecule has 0 bridgehead atoms. The fourth-order valence-electron chi connectivity index (χ4n) is 4.76. The van der Waals surface area contributed by atoms with Gasteiger partial charge in [-0.1, -0.05) is 19.1 Å². The molecule has 2 heterocycles. The third-order valence-corrected chi connectivity index (χ3v) is 6.20. The molecule has 3 aromatic rings. The first-order valence-electron chi connectivity index (χ1n) is 12.2. The molecule has 0 spiro atoms. The second-order valence-electron chi connectivity index (χ2n) is 8.86. The summed E-state index contributed by atoms with van der Waals surface area (Å²) in [6.07, 6.45) is 1.51. The standard InChI is InChI=1S/C28H33NO6/c1-6-12-34-20-10-9-19(16-21(20)33-7-2)25-24-26(30)23-18(4)14-17(3)15-22(23)35-27(24)28(31)29(25)11-8-13-32-5/h9-10,14-16,25H,6-8,11-13H2,1-5H3. The molecule has 0 saturated heterocycles. The molecule has 1 aliphatic rings. The highest BCUT2D eigenvalue weighted by Crippen LogP contribution is 2.41. The van der Waals surface area contributed by atoms with Crippen LogP contribution >= 0.6 is 0 Å². The lowest BCUT2D eigenvalue weighted by atomic mass is 9.96. The number of hydrogen-bond acceptors (Lipinski definition) is 6. The number of carbonyl (C=O) groups is 1. The molecule has 0 N–H and O–H groups in total. The highest BCUT2D eigenvalue weighted by atomic mass is 16.5. The first-order valence-corrected chi connectivity index (χ1v) is 12.2. The minimum absolute atomic E-state index is 0.110. The Kier molecular flexibility index (Phi) is 7.45. The molecule has 1 amide bonds. The van der Waals surface area contributed by atoms with E-state index in [1.165, 1.54) is 0 Å². The molecule has 1 aromatic heterocycles. The van der Waals surface area contributed by atoms with Crippen molar-refractivity contribution in [3.05, 3.63) is 68.6 Å². The van der Waals surface area contributed by atoms with Gasteiger partial charge in [-0.2, -0.15) is 0 Å². The van der Waals surface area contributed by atoms with Crippen molar-refractivity contribution in [2.75, 3.05) is 33.5 Å². The minimum atomic E-state index is -0.588. The van der Waals surface area contributed by atoms with E-state index in [9.17, 15) is 9.59 Å². The van der Waals surface area contributed by atoms with Gasteiger partial charge in [0.25, 0.3) is 5.91 Å². The van der Waals surface area contributed by atoms with Crippen LogP contribution in [0.5, 0.6) is 11.5 Å². The molecule has 2 aromatic carbocycles. The normalized spacial score (nSPS) is 15.1. The van der Waals surface area contributed by atoms with Gasteiger partial charge < -0.3 is 23.5 Å². The van der Waals surface area contributed by atoms with Crippen LogP contribution in [0.1, 0.15) is 65.5 Å². The molecule has 4 rings (SSSR count). The van der Waals surface area contributed by atoms with Gasteiger partial charge in [0.1, 0.15) is 5.58 Å². The van der Waals surface area contributed by atoms with E-state index < -0.39 is 6.04 Å². The Hall–Kier alpha value is -3.32. The molecule has 7 nitrogen and oxygen atoms in total. The maximum absolute atomic E-state index is 13.9. The van der Waals surface area contributed by atoms with Gasteiger partial charge in [-0.05, 0) is 68.5 Å². The van der Waals surface area contributed by atoms with Gasteiger partial charge in [-0.3, -0.25) is 9.59 Å². The summed E-state index contributed by atoms with van der Waals surface area (Å²) < 4.78 is 23.1. The van der Waals surface area contributed by atoms with Crippen molar-refractivity contribution in [1.82, 2.24) is 4.90 Å². The predicted octanol–water partition coefficient (Wildman–Crippen LogP) is 5.18. The van der Waals surface area contributed by atoms with Gasteiger partial charge in [0.05, 0.1) is 30.2 Å². The molecule has 1 unspecified atom stereocenters. The Balaban J connectivity index is 1.90. The number of ether oxygens (including phenoxy) is 3. The van der Waals surface area contributed by atoms with Crippen molar-refractivity contribution >= 4 is 16.9 Å². The van der Waals surface area contributed by atoms with Crippen LogP contribution in [0.4, 0.5) is 0 Å². The van der Waals surface area contributed by atoms with Crippen LogP contribution in [0.25, 0.3) is 11.0 Å². The lowest BCUT2D eigenvalue weighted by Gasteiger charge is -2.26. The van der Waals surface area contributed by atoms with E-state index in [4.69, 9.17) is 18.6 Å². The second kappa shape index (κ2) is 10.5. The van der Waals surface area contributed by atoms with Gasteiger partial charge >= 0.3 is 0 Å². The number of amides is 1. The van der Waals surface area contributed by atoms with Gasteiger partial charge in [0.2, 0.25) is 5.76 Å². The Bertz CT molecular complexity index is 1290. The van der Waals surface area contributed by atoms with E-state index >= 15 is 0 Å². The van der Waals surface area contributed by atoms with Crippen LogP contribution in [0.2, 0.25) is 0 Å². The number of benzene rings is 2. The summed E-state index contributed by atoms with van der Waals surface area (Å²) in [4.78, 5) is 29.1. The maximum Gasteiger partial charge on any atom is 0.290 e. The van der Waals surface area contributed by atoms with Crippen molar-refractivity contribution < 1.29 is 23.4 Å². The quantitative estimate of drug-likeness (QED) is 0.373. The summed E-state index contributed by atoms with van der Waals surface area (Å²) in [6, 6.07) is 8.80. The minimum Gasteiger partial charge on any atom is -0.490 e. The fourth-order valence-corrected chi connectivity index (χ4v) is 4.76. The zero-order valence-electron chi connectivity index (χ0n) is 21.1. The Labute approximate surface area is 205 Å². The predicted molar refractivity (Wildman–Crippen MR) is 135 cm³/mol. The second-order valence-corrected chi connectivity index (χ2v) is 8.86. The summed E-state index contributed by atoms with van der Waals surface area (Å²) in [7, 11) is 1.63. The molecule has 35 heavy (non-hydrogen) atoms. The fraction of sp³-hybridized carbons (Fsp3) is 0.429. The molecule has 0 saturated carbocycles. The molecule has 7 heteroatoms. The molecule has 0 fully saturated rings. The van der Waals surface area contributed by atoms with E-state index in [0.29, 0.717) is 60.8 Å². The number of fused-ring (bicyclic) bond motifs is 2. The van der Waals surface area contributed by atoms with Crippen molar-refractivity contribution in [2.45, 2.75) is 46.6 Å². The van der Waals surface area contributed by atoms with E-state index in [1.807, 2.05) is 58.0 Å². The third kappa shape index (κ3) is 4.65. The highest BCUT2D eigenvalue weighted by molar-refractivity contribution is 5.99. The number of rotatable bonds is 10. The first kappa shape index (κ1) is 24.8. The van der Waals surface area contributed by atoms with Gasteiger partial charge in [0, 0.05) is 20.3 Å². The van der Waals surface area contributed by atoms with E-state index in [-0.39, 0.29) is 17.1 Å². The number of hydrogen-bond donors (Lipinski definition) is 0. The van der Waals surface area contributed by atoms with Crippen molar-refractivity contribution in [1.29, 1.82) is 0 Å². The smallest absolute Gasteiger partial charge is 0.290 e. The van der Waals surface area contributed by atoms with E-state index in [2.05, 4.69) is 0 Å². The molecule has 186 valence electrons. The number of carbonyl (C=O) groups excluding carboxylic acids is 1. The van der Waals surface area contributed by atoms with Crippen molar-refractivity contribution in [2.24, 2.45) is 0 Å². The van der Waals surface area contributed by atoms with E-state index in [1.54, 1.807) is 12.0 Å². The van der Waals surface area contributed by atoms with Crippen LogP contribution in [-0.4, -0.2) is 44.3 Å². The molecule has 0 radical (unpaired) electrons. The topological polar surface area (TPSA) is 78.2 Å². The Morgan fingerprint density at radius 1 is 1.00 bits per heavy atom. The average molecular weight is 480 g/mol. The number of aryl methyl sites for hydroxylation is 2. The van der Waals surface area contributed by atoms with E-state index in [0.717, 1.165) is 23.1 Å². The lowest BCUT2D eigenvalue weighted by Crippen LogP contribution is -2.31. The van der Waals surface area contributed by atoms with Gasteiger partial charge in [0.15, 0.2) is 16.9 Å². The van der Waals surface area contributed by atoms with Crippen molar-refractivity contribution in [3.8, 4) is 11.5 Å². The number of methoxy groups -OCH3 is 1. The zero-order chi connectivity index (χ0) is 25.1. The summed E-state index contributed by atoms with van der Waals surface area (Å²) in [5, 5.41) is 0.513. The molecule has 1 atom stereocenters. The Morgan fingerprint density at radius 3 is 2.51 bits per heavy atom. The summed E-state index contributed by atoms with van der Waals surface area (Å²) in [6.45, 7) is 9.76. The largest absolute Gasteiger partial charge is 0.490 e. The summed E-state index contributed by atoms with van der Waals surface area (Å²) in [5.41, 5.74) is 3.22. The lowest BCUT2D eigenvalue weighted by molar-refractivity contribution is 0.0707. The first-order chi connectivity index (χ1) is 16.9. The molecular formula is C28H33NO6. The zero-order valence-corrected chi connectivity index (χ0v) is 21.1. The number of nitrogens with zero attached hydrogens (tertiary/aromatic N) is 1. The molecular weight excluding hydrogens is 446 g/mol. The summed E-state index contributed by atoms with van der Waals surface area (Å²) in [5.74, 6) is 1.06. The van der Waals surface area contributed by atoms with Crippen LogP contribution in [0, 0.1) is 13.8 Å². The van der Waals surface area contributed by atoms with Crippen LogP contribution in [0.3, 0.4) is 0 Å². The monoisotopic (exact) mass is 479 g/mol. The third-order valence-electron chi connectivity index (χ3n) is 6.20. The van der Waals surface area contributed by atoms with Crippen molar-refractivity contribution in [3.63, 3.8) is 0 Å². The Morgan fingerprint density at radius 2 is 1.80 bits per heavy atom. The summed E-state index contributed by atoms with van der Waals surface area (Å²) >= 11 is 0. The van der Waals surface area contributed by atoms with Crippen LogP contribution < -0.4 is 14.9 Å². The molecule has 1 aliphatic heterocycles. The van der Waals surface area contributed by atoms with Crippen LogP contribution in [-0.2, 0) is 4.74 Å². The SMILES string of the molecule is CCCOc1ccc(C2c3c(oc4cc(C)cc(C)c4c3=O)C(=O)N2CCCOC)cc1OCC. The maximum atomic E-state index is 13.9. The molecule has 0 aliphatic carbocycles.